The Labute approximate surface area is 188 Å². The van der Waals surface area contributed by atoms with E-state index in [1.165, 1.54) is 36.1 Å². The van der Waals surface area contributed by atoms with Gasteiger partial charge in [0, 0.05) is 0 Å². The van der Waals surface area contributed by atoms with Crippen LogP contribution in [0.4, 0.5) is 0 Å². The van der Waals surface area contributed by atoms with Gasteiger partial charge in [0.2, 0.25) is 0 Å². The first kappa shape index (κ1) is 21.3. The number of amides is 1. The molecule has 1 aliphatic rings. The lowest BCUT2D eigenvalue weighted by Crippen LogP contribution is -2.28. The highest BCUT2D eigenvalue weighted by Gasteiger charge is 2.34. The van der Waals surface area contributed by atoms with Gasteiger partial charge in [0.25, 0.3) is 5.91 Å². The fourth-order valence-electron chi connectivity index (χ4n) is 2.92. The molecular weight excluding hydrogens is 430 g/mol. The van der Waals surface area contributed by atoms with Crippen molar-refractivity contribution in [1.29, 1.82) is 0 Å². The first-order chi connectivity index (χ1) is 15.5. The number of hydrogen-bond acceptors (Lipinski definition) is 8. The molecule has 2 heterocycles. The smallest absolute Gasteiger partial charge is 0.267 e. The molecule has 1 amide bonds. The summed E-state index contributed by atoms with van der Waals surface area (Å²) in [4.78, 5) is 15.0. The van der Waals surface area contributed by atoms with Crippen molar-refractivity contribution in [2.24, 2.45) is 10.2 Å². The van der Waals surface area contributed by atoms with Gasteiger partial charge in [-0.05, 0) is 71.4 Å². The fourth-order valence-corrected chi connectivity index (χ4v) is 3.86. The van der Waals surface area contributed by atoms with Gasteiger partial charge >= 0.3 is 0 Å². The van der Waals surface area contributed by atoms with Crippen LogP contribution in [0.1, 0.15) is 16.9 Å². The van der Waals surface area contributed by atoms with Gasteiger partial charge in [-0.1, -0.05) is 12.1 Å². The molecule has 8 nitrogen and oxygen atoms in total. The first-order valence-electron chi connectivity index (χ1n) is 9.54. The number of hydrogen-bond donors (Lipinski definition) is 2. The molecular formula is C23H19N3O5S. The summed E-state index contributed by atoms with van der Waals surface area (Å²) in [5.74, 6) is 0.899. The molecule has 1 aromatic heterocycles. The Bertz CT molecular complexity index is 1200. The van der Waals surface area contributed by atoms with Crippen molar-refractivity contribution in [1.82, 2.24) is 4.90 Å². The van der Waals surface area contributed by atoms with Gasteiger partial charge in [0.1, 0.15) is 11.5 Å². The number of nitrogens with zero attached hydrogens (tertiary/aromatic N) is 3. The van der Waals surface area contributed by atoms with E-state index in [9.17, 15) is 15.0 Å². The van der Waals surface area contributed by atoms with Crippen LogP contribution in [-0.4, -0.2) is 39.5 Å². The lowest BCUT2D eigenvalue weighted by Gasteiger charge is -2.12. The maximum atomic E-state index is 13.0. The molecule has 9 heteroatoms. The zero-order chi connectivity index (χ0) is 22.5. The Morgan fingerprint density at radius 1 is 1.12 bits per heavy atom. The Kier molecular flexibility index (Phi) is 6.27. The molecule has 0 bridgehead atoms. The van der Waals surface area contributed by atoms with Crippen LogP contribution in [-0.2, 0) is 11.3 Å². The van der Waals surface area contributed by atoms with Crippen molar-refractivity contribution in [2.45, 2.75) is 6.54 Å². The number of aromatic hydroxyl groups is 2. The van der Waals surface area contributed by atoms with Crippen molar-refractivity contribution in [3.05, 3.63) is 82.7 Å². The minimum atomic E-state index is -0.222. The second kappa shape index (κ2) is 9.44. The SMILES string of the molecule is COc1cc(/C=N\N=C2\S/C(=C\c3ccc(O)cc3)C(=O)N2Cc2ccco2)ccc1O. The van der Waals surface area contributed by atoms with Crippen LogP contribution in [0.15, 0.2) is 80.4 Å². The van der Waals surface area contributed by atoms with E-state index < -0.39 is 0 Å². The van der Waals surface area contributed by atoms with Crippen LogP contribution in [0.2, 0.25) is 0 Å². The van der Waals surface area contributed by atoms with Gasteiger partial charge in [-0.25, -0.2) is 0 Å². The molecule has 2 N–H and O–H groups in total. The highest BCUT2D eigenvalue weighted by Crippen LogP contribution is 2.34. The molecule has 0 saturated carbocycles. The summed E-state index contributed by atoms with van der Waals surface area (Å²) in [5, 5.41) is 27.9. The third kappa shape index (κ3) is 4.84. The third-order valence-electron chi connectivity index (χ3n) is 4.53. The van der Waals surface area contributed by atoms with Crippen LogP contribution >= 0.6 is 11.8 Å². The number of ether oxygens (including phenoxy) is 1. The number of thioether (sulfide) groups is 1. The predicted molar refractivity (Wildman–Crippen MR) is 123 cm³/mol. The van der Waals surface area contributed by atoms with Gasteiger partial charge in [-0.15, -0.1) is 5.10 Å². The Balaban J connectivity index is 1.61. The highest BCUT2D eigenvalue weighted by molar-refractivity contribution is 8.18. The van der Waals surface area contributed by atoms with Gasteiger partial charge in [0.15, 0.2) is 16.7 Å². The summed E-state index contributed by atoms with van der Waals surface area (Å²) in [6, 6.07) is 14.9. The van der Waals surface area contributed by atoms with E-state index in [4.69, 9.17) is 9.15 Å². The van der Waals surface area contributed by atoms with Crippen molar-refractivity contribution in [2.75, 3.05) is 7.11 Å². The maximum Gasteiger partial charge on any atom is 0.267 e. The average Bonchev–Trinajstić information content (AvgIpc) is 3.41. The average molecular weight is 449 g/mol. The normalized spacial score (nSPS) is 16.5. The molecule has 4 rings (SSSR count). The van der Waals surface area contributed by atoms with E-state index in [2.05, 4.69) is 10.2 Å². The van der Waals surface area contributed by atoms with Crippen molar-refractivity contribution in [3.8, 4) is 17.2 Å². The number of carbonyl (C=O) groups excluding carboxylic acids is 1. The lowest BCUT2D eigenvalue weighted by molar-refractivity contribution is -0.122. The van der Waals surface area contributed by atoms with Crippen LogP contribution in [0.25, 0.3) is 6.08 Å². The highest BCUT2D eigenvalue weighted by atomic mass is 32.2. The molecule has 3 aromatic rings. The number of phenolic OH excluding ortho intramolecular Hbond substituents is 2. The topological polar surface area (TPSA) is 108 Å². The van der Waals surface area contributed by atoms with E-state index in [0.29, 0.717) is 27.1 Å². The van der Waals surface area contributed by atoms with Gasteiger partial charge in [-0.2, -0.15) is 5.10 Å². The Hall–Kier alpha value is -3.98. The Morgan fingerprint density at radius 3 is 2.62 bits per heavy atom. The number of rotatable bonds is 6. The van der Waals surface area contributed by atoms with Crippen LogP contribution in [0, 0.1) is 0 Å². The summed E-state index contributed by atoms with van der Waals surface area (Å²) in [6.45, 7) is 0.215. The van der Waals surface area contributed by atoms with Crippen molar-refractivity contribution < 1.29 is 24.2 Å². The Morgan fingerprint density at radius 2 is 1.91 bits per heavy atom. The second-order valence-corrected chi connectivity index (χ2v) is 7.74. The van der Waals surface area contributed by atoms with Gasteiger partial charge in [-0.3, -0.25) is 9.69 Å². The molecule has 0 atom stereocenters. The molecule has 1 fully saturated rings. The zero-order valence-corrected chi connectivity index (χ0v) is 17.8. The number of phenols is 2. The molecule has 1 saturated heterocycles. The van der Waals surface area contributed by atoms with E-state index >= 15 is 0 Å². The van der Waals surface area contributed by atoms with E-state index in [1.54, 1.807) is 60.9 Å². The maximum absolute atomic E-state index is 13.0. The van der Waals surface area contributed by atoms with E-state index in [1.807, 2.05) is 0 Å². The summed E-state index contributed by atoms with van der Waals surface area (Å²) < 4.78 is 10.5. The van der Waals surface area contributed by atoms with E-state index in [-0.39, 0.29) is 24.0 Å². The number of benzene rings is 2. The zero-order valence-electron chi connectivity index (χ0n) is 17.0. The number of carbonyl (C=O) groups is 1. The third-order valence-corrected chi connectivity index (χ3v) is 5.52. The largest absolute Gasteiger partial charge is 0.508 e. The molecule has 0 aliphatic carbocycles. The van der Waals surface area contributed by atoms with Gasteiger partial charge in [0.05, 0.1) is 31.0 Å². The minimum Gasteiger partial charge on any atom is -0.508 e. The molecule has 32 heavy (non-hydrogen) atoms. The predicted octanol–water partition coefficient (Wildman–Crippen LogP) is 4.21. The molecule has 2 aromatic carbocycles. The lowest BCUT2D eigenvalue weighted by atomic mass is 10.2. The summed E-state index contributed by atoms with van der Waals surface area (Å²) in [6.07, 6.45) is 4.79. The molecule has 162 valence electrons. The van der Waals surface area contributed by atoms with Crippen LogP contribution < -0.4 is 4.74 Å². The fraction of sp³-hybridized carbons (Fsp3) is 0.0870. The molecule has 1 aliphatic heterocycles. The monoisotopic (exact) mass is 449 g/mol. The summed E-state index contributed by atoms with van der Waals surface area (Å²) in [5.41, 5.74) is 1.45. The standard InChI is InChI=1S/C23H19N3O5S/c1-30-20-11-16(6-9-19(20)28)13-24-25-23-26(14-18-3-2-10-31-18)22(29)21(32-23)12-15-4-7-17(27)8-5-15/h2-13,27-28H,14H2,1H3/b21-12-,24-13-,25-23+. The van der Waals surface area contributed by atoms with Crippen molar-refractivity contribution >= 4 is 35.1 Å². The molecule has 0 unspecified atom stereocenters. The molecule has 0 spiro atoms. The van der Waals surface area contributed by atoms with E-state index in [0.717, 1.165) is 5.56 Å². The summed E-state index contributed by atoms with van der Waals surface area (Å²) in [7, 11) is 1.46. The van der Waals surface area contributed by atoms with Crippen LogP contribution in [0.3, 0.4) is 0 Å². The number of furan rings is 1. The number of methoxy groups -OCH3 is 1. The molecule has 0 radical (unpaired) electrons. The number of amidine groups is 1. The summed E-state index contributed by atoms with van der Waals surface area (Å²) >= 11 is 1.20. The second-order valence-electron chi connectivity index (χ2n) is 6.73. The minimum absolute atomic E-state index is 0.0292. The quantitative estimate of drug-likeness (QED) is 0.332. The van der Waals surface area contributed by atoms with Crippen molar-refractivity contribution in [3.63, 3.8) is 0 Å². The first-order valence-corrected chi connectivity index (χ1v) is 10.4. The van der Waals surface area contributed by atoms with Gasteiger partial charge < -0.3 is 19.4 Å². The van der Waals surface area contributed by atoms with Crippen LogP contribution in [0.5, 0.6) is 17.2 Å².